The van der Waals surface area contributed by atoms with Crippen LogP contribution in [0.1, 0.15) is 38.2 Å². The summed E-state index contributed by atoms with van der Waals surface area (Å²) in [6, 6.07) is 8.60. The van der Waals surface area contributed by atoms with Crippen LogP contribution in [0.4, 0.5) is 0 Å². The van der Waals surface area contributed by atoms with Gasteiger partial charge in [-0.05, 0) is 56.2 Å². The van der Waals surface area contributed by atoms with Crippen LogP contribution in [-0.2, 0) is 4.79 Å². The minimum Gasteiger partial charge on any atom is -0.484 e. The van der Waals surface area contributed by atoms with Crippen LogP contribution in [0.15, 0.2) is 24.3 Å². The van der Waals surface area contributed by atoms with Crippen molar-refractivity contribution >= 4 is 5.91 Å². The Balaban J connectivity index is 1.42. The molecule has 0 N–H and O–H groups in total. The molecule has 1 saturated heterocycles. The standard InChI is InChI=1S/C20H30N2O2/c1-16-6-8-18(9-7-16)21-10-12-22(13-11-21)20(23)15-24-19-5-3-4-17(2)14-19/h3-5,14,16,18H,6-13,15H2,1-2H3. The van der Waals surface area contributed by atoms with E-state index >= 15 is 0 Å². The molecule has 1 aliphatic carbocycles. The van der Waals surface area contributed by atoms with Crippen molar-refractivity contribution in [3.05, 3.63) is 29.8 Å². The van der Waals surface area contributed by atoms with Crippen LogP contribution in [0.3, 0.4) is 0 Å². The third-order valence-electron chi connectivity index (χ3n) is 5.52. The van der Waals surface area contributed by atoms with Crippen LogP contribution in [0, 0.1) is 12.8 Å². The Hall–Kier alpha value is -1.55. The first kappa shape index (κ1) is 17.3. The number of nitrogens with zero attached hydrogens (tertiary/aromatic N) is 2. The van der Waals surface area contributed by atoms with E-state index in [4.69, 9.17) is 4.74 Å². The van der Waals surface area contributed by atoms with Crippen molar-refractivity contribution in [2.24, 2.45) is 5.92 Å². The molecule has 1 heterocycles. The molecule has 3 rings (SSSR count). The summed E-state index contributed by atoms with van der Waals surface area (Å²) in [6.07, 6.45) is 5.36. The lowest BCUT2D eigenvalue weighted by Gasteiger charge is -2.41. The van der Waals surface area contributed by atoms with Gasteiger partial charge < -0.3 is 9.64 Å². The van der Waals surface area contributed by atoms with Crippen molar-refractivity contribution in [1.82, 2.24) is 9.80 Å². The first-order valence-electron chi connectivity index (χ1n) is 9.33. The number of hydrogen-bond acceptors (Lipinski definition) is 3. The summed E-state index contributed by atoms with van der Waals surface area (Å²) in [5, 5.41) is 0. The normalized spacial score (nSPS) is 25.5. The summed E-state index contributed by atoms with van der Waals surface area (Å²) in [5.41, 5.74) is 1.15. The number of carbonyl (C=O) groups is 1. The third-order valence-corrected chi connectivity index (χ3v) is 5.52. The number of aryl methyl sites for hydroxylation is 1. The second-order valence-electron chi connectivity index (χ2n) is 7.44. The van der Waals surface area contributed by atoms with Crippen LogP contribution in [-0.4, -0.2) is 54.5 Å². The Kier molecular flexibility index (Phi) is 5.77. The highest BCUT2D eigenvalue weighted by molar-refractivity contribution is 5.77. The van der Waals surface area contributed by atoms with Crippen molar-refractivity contribution in [1.29, 1.82) is 0 Å². The van der Waals surface area contributed by atoms with Gasteiger partial charge in [0.25, 0.3) is 5.91 Å². The van der Waals surface area contributed by atoms with Crippen LogP contribution >= 0.6 is 0 Å². The molecule has 1 aliphatic heterocycles. The Labute approximate surface area is 145 Å². The van der Waals surface area contributed by atoms with Crippen LogP contribution in [0.25, 0.3) is 0 Å². The molecular formula is C20H30N2O2. The number of benzene rings is 1. The van der Waals surface area contributed by atoms with Gasteiger partial charge in [0.05, 0.1) is 0 Å². The first-order valence-corrected chi connectivity index (χ1v) is 9.33. The summed E-state index contributed by atoms with van der Waals surface area (Å²) in [4.78, 5) is 16.9. The van der Waals surface area contributed by atoms with Gasteiger partial charge in [-0.3, -0.25) is 9.69 Å². The van der Waals surface area contributed by atoms with Gasteiger partial charge in [0.1, 0.15) is 5.75 Å². The maximum absolute atomic E-state index is 12.4. The van der Waals surface area contributed by atoms with Gasteiger partial charge >= 0.3 is 0 Å². The zero-order valence-electron chi connectivity index (χ0n) is 15.0. The lowest BCUT2D eigenvalue weighted by atomic mass is 9.86. The Morgan fingerprint density at radius 2 is 1.83 bits per heavy atom. The molecule has 1 amide bonds. The predicted octanol–water partition coefficient (Wildman–Crippen LogP) is 3.10. The summed E-state index contributed by atoms with van der Waals surface area (Å²) in [6.45, 7) is 8.22. The van der Waals surface area contributed by atoms with Gasteiger partial charge in [-0.2, -0.15) is 0 Å². The van der Waals surface area contributed by atoms with E-state index in [1.807, 2.05) is 36.1 Å². The predicted molar refractivity (Wildman–Crippen MR) is 96.2 cm³/mol. The third kappa shape index (κ3) is 4.50. The maximum atomic E-state index is 12.4. The lowest BCUT2D eigenvalue weighted by Crippen LogP contribution is -2.53. The molecular weight excluding hydrogens is 300 g/mol. The number of carbonyl (C=O) groups excluding carboxylic acids is 1. The van der Waals surface area contributed by atoms with Gasteiger partial charge in [0, 0.05) is 32.2 Å². The SMILES string of the molecule is Cc1cccc(OCC(=O)N2CCN(C3CCC(C)CC3)CC2)c1. The average molecular weight is 330 g/mol. The van der Waals surface area contributed by atoms with Crippen LogP contribution in [0.5, 0.6) is 5.75 Å². The van der Waals surface area contributed by atoms with Gasteiger partial charge in [0.2, 0.25) is 0 Å². The van der Waals surface area contributed by atoms with E-state index in [2.05, 4.69) is 11.8 Å². The minimum absolute atomic E-state index is 0.105. The fourth-order valence-corrected chi connectivity index (χ4v) is 3.89. The largest absolute Gasteiger partial charge is 0.484 e. The molecule has 1 aromatic rings. The fraction of sp³-hybridized carbons (Fsp3) is 0.650. The molecule has 0 spiro atoms. The van der Waals surface area contributed by atoms with Crippen molar-refractivity contribution in [2.45, 2.75) is 45.6 Å². The molecule has 2 aliphatic rings. The average Bonchev–Trinajstić information content (AvgIpc) is 2.61. The van der Waals surface area contributed by atoms with E-state index in [9.17, 15) is 4.79 Å². The van der Waals surface area contributed by atoms with E-state index in [1.54, 1.807) is 0 Å². The van der Waals surface area contributed by atoms with Gasteiger partial charge in [-0.1, -0.05) is 19.1 Å². The molecule has 1 aromatic carbocycles. The quantitative estimate of drug-likeness (QED) is 0.850. The Morgan fingerprint density at radius 1 is 1.12 bits per heavy atom. The van der Waals surface area contributed by atoms with E-state index in [-0.39, 0.29) is 12.5 Å². The molecule has 0 bridgehead atoms. The van der Waals surface area contributed by atoms with Gasteiger partial charge in [-0.15, -0.1) is 0 Å². The smallest absolute Gasteiger partial charge is 0.260 e. The highest BCUT2D eigenvalue weighted by Crippen LogP contribution is 2.27. The van der Waals surface area contributed by atoms with Crippen LogP contribution < -0.4 is 4.74 Å². The fourth-order valence-electron chi connectivity index (χ4n) is 3.89. The van der Waals surface area contributed by atoms with E-state index < -0.39 is 0 Å². The van der Waals surface area contributed by atoms with Crippen molar-refractivity contribution in [3.63, 3.8) is 0 Å². The molecule has 0 unspecified atom stereocenters. The zero-order chi connectivity index (χ0) is 16.9. The highest BCUT2D eigenvalue weighted by atomic mass is 16.5. The van der Waals surface area contributed by atoms with Gasteiger partial charge in [-0.25, -0.2) is 0 Å². The Bertz CT molecular complexity index is 544. The summed E-state index contributed by atoms with van der Waals surface area (Å²) >= 11 is 0. The molecule has 0 aromatic heterocycles. The zero-order valence-corrected chi connectivity index (χ0v) is 15.0. The van der Waals surface area contributed by atoms with Crippen molar-refractivity contribution < 1.29 is 9.53 Å². The molecule has 0 radical (unpaired) electrons. The van der Waals surface area contributed by atoms with Crippen LogP contribution in [0.2, 0.25) is 0 Å². The molecule has 132 valence electrons. The summed E-state index contributed by atoms with van der Waals surface area (Å²) in [5.74, 6) is 1.77. The molecule has 0 atom stereocenters. The second kappa shape index (κ2) is 8.02. The van der Waals surface area contributed by atoms with Crippen molar-refractivity contribution in [2.75, 3.05) is 32.8 Å². The molecule has 1 saturated carbocycles. The second-order valence-corrected chi connectivity index (χ2v) is 7.44. The summed E-state index contributed by atoms with van der Waals surface area (Å²) < 4.78 is 5.65. The van der Waals surface area contributed by atoms with Gasteiger partial charge in [0.15, 0.2) is 6.61 Å². The highest BCUT2D eigenvalue weighted by Gasteiger charge is 2.28. The van der Waals surface area contributed by atoms with E-state index in [0.717, 1.165) is 49.5 Å². The monoisotopic (exact) mass is 330 g/mol. The number of hydrogen-bond donors (Lipinski definition) is 0. The minimum atomic E-state index is 0.105. The first-order chi connectivity index (χ1) is 11.6. The molecule has 24 heavy (non-hydrogen) atoms. The summed E-state index contributed by atoms with van der Waals surface area (Å²) in [7, 11) is 0. The maximum Gasteiger partial charge on any atom is 0.260 e. The number of amides is 1. The Morgan fingerprint density at radius 3 is 2.50 bits per heavy atom. The van der Waals surface area contributed by atoms with E-state index in [0.29, 0.717) is 0 Å². The lowest BCUT2D eigenvalue weighted by molar-refractivity contribution is -0.135. The molecule has 2 fully saturated rings. The number of ether oxygens (including phenoxy) is 1. The molecule has 4 nitrogen and oxygen atoms in total. The molecule has 4 heteroatoms. The van der Waals surface area contributed by atoms with Crippen molar-refractivity contribution in [3.8, 4) is 5.75 Å². The number of rotatable bonds is 4. The number of piperazine rings is 1. The van der Waals surface area contributed by atoms with E-state index in [1.165, 1.54) is 25.7 Å². The topological polar surface area (TPSA) is 32.8 Å².